The molecule has 0 aromatic rings. The summed E-state index contributed by atoms with van der Waals surface area (Å²) in [5.74, 6) is -0.487. The van der Waals surface area contributed by atoms with Gasteiger partial charge in [-0.1, -0.05) is 18.2 Å². The van der Waals surface area contributed by atoms with E-state index in [0.717, 1.165) is 0 Å². The minimum atomic E-state index is -5.76. The number of hydrogen-bond acceptors (Lipinski definition) is 4. The van der Waals surface area contributed by atoms with Gasteiger partial charge in [-0.15, -0.1) is 0 Å². The monoisotopic (exact) mass is 298 g/mol. The zero-order chi connectivity index (χ0) is 15.1. The van der Waals surface area contributed by atoms with Gasteiger partial charge in [0.25, 0.3) is 0 Å². The fourth-order valence-corrected chi connectivity index (χ4v) is 2.42. The van der Waals surface area contributed by atoms with Gasteiger partial charge in [-0.3, -0.25) is 8.98 Å². The van der Waals surface area contributed by atoms with Crippen LogP contribution in [0, 0.1) is 5.41 Å². The summed E-state index contributed by atoms with van der Waals surface area (Å²) in [7, 11) is -5.76. The van der Waals surface area contributed by atoms with Gasteiger partial charge >= 0.3 is 15.6 Å². The van der Waals surface area contributed by atoms with Crippen molar-refractivity contribution in [3.8, 4) is 0 Å². The van der Waals surface area contributed by atoms with Crippen LogP contribution in [0.3, 0.4) is 0 Å². The predicted octanol–water partition coefficient (Wildman–Crippen LogP) is 2.33. The highest BCUT2D eigenvalue weighted by molar-refractivity contribution is 7.87. The van der Waals surface area contributed by atoms with Gasteiger partial charge in [-0.2, -0.15) is 21.6 Å². The number of Topliss-reactive ketones (excluding diaryl/α,β-unsaturated/α-hetero) is 1. The first kappa shape index (κ1) is 15.9. The minimum Gasteiger partial charge on any atom is -0.299 e. The van der Waals surface area contributed by atoms with Crippen LogP contribution >= 0.6 is 0 Å². The van der Waals surface area contributed by atoms with Gasteiger partial charge in [0.05, 0.1) is 5.41 Å². The van der Waals surface area contributed by atoms with E-state index in [0.29, 0.717) is 0 Å². The second-order valence-corrected chi connectivity index (χ2v) is 6.05. The van der Waals surface area contributed by atoms with E-state index in [9.17, 15) is 26.4 Å². The lowest BCUT2D eigenvalue weighted by Gasteiger charge is -2.34. The van der Waals surface area contributed by atoms with Crippen molar-refractivity contribution in [2.75, 3.05) is 0 Å². The van der Waals surface area contributed by atoms with Gasteiger partial charge < -0.3 is 0 Å². The van der Waals surface area contributed by atoms with Crippen LogP contribution in [-0.2, 0) is 19.1 Å². The molecule has 0 amide bonds. The maximum Gasteiger partial charge on any atom is 0.523 e. The first-order valence-corrected chi connectivity index (χ1v) is 6.69. The van der Waals surface area contributed by atoms with Crippen LogP contribution in [0.1, 0.15) is 20.8 Å². The maximum absolute atomic E-state index is 12.3. The molecule has 0 aliphatic heterocycles. The van der Waals surface area contributed by atoms with Gasteiger partial charge in [0.15, 0.2) is 0 Å². The standard InChI is InChI=1S/C11H13F3O4S/c1-7-5-4-6-10(3,8(2)15)9(7)18-19(16,17)11(12,13)14/h4-6,9H,1-3H3. The van der Waals surface area contributed by atoms with E-state index in [2.05, 4.69) is 4.18 Å². The zero-order valence-electron chi connectivity index (χ0n) is 10.5. The normalized spacial score (nSPS) is 28.1. The Morgan fingerprint density at radius 2 is 1.95 bits per heavy atom. The fourth-order valence-electron chi connectivity index (χ4n) is 1.71. The number of rotatable bonds is 3. The molecule has 1 aliphatic rings. The van der Waals surface area contributed by atoms with Crippen molar-refractivity contribution in [3.63, 3.8) is 0 Å². The van der Waals surface area contributed by atoms with Crippen LogP contribution in [0.5, 0.6) is 0 Å². The topological polar surface area (TPSA) is 60.4 Å². The predicted molar refractivity (Wildman–Crippen MR) is 61.5 cm³/mol. The van der Waals surface area contributed by atoms with Crippen LogP contribution in [0.2, 0.25) is 0 Å². The van der Waals surface area contributed by atoms with Gasteiger partial charge in [-0.25, -0.2) is 0 Å². The van der Waals surface area contributed by atoms with Crippen LogP contribution < -0.4 is 0 Å². The second kappa shape index (κ2) is 4.75. The molecule has 0 fully saturated rings. The molecule has 1 rings (SSSR count). The Labute approximate surface area is 109 Å². The lowest BCUT2D eigenvalue weighted by molar-refractivity contribution is -0.127. The number of carbonyl (C=O) groups is 1. The highest BCUT2D eigenvalue weighted by Gasteiger charge is 2.52. The summed E-state index contributed by atoms with van der Waals surface area (Å²) in [5.41, 5.74) is -6.74. The third-order valence-corrected chi connectivity index (χ3v) is 4.04. The van der Waals surface area contributed by atoms with Crippen molar-refractivity contribution >= 4 is 15.9 Å². The second-order valence-electron chi connectivity index (χ2n) is 4.48. The highest BCUT2D eigenvalue weighted by Crippen LogP contribution is 2.38. The Bertz CT molecular complexity index is 545. The highest BCUT2D eigenvalue weighted by atomic mass is 32.2. The molecule has 0 aromatic carbocycles. The van der Waals surface area contributed by atoms with Crippen molar-refractivity contribution in [2.45, 2.75) is 32.4 Å². The molecule has 0 radical (unpaired) electrons. The Hall–Kier alpha value is -1.15. The number of ketones is 1. The summed E-state index contributed by atoms with van der Waals surface area (Å²) in [5, 5.41) is 0. The first-order valence-electron chi connectivity index (χ1n) is 5.28. The Balaban J connectivity index is 3.21. The van der Waals surface area contributed by atoms with Gasteiger partial charge in [0.2, 0.25) is 0 Å². The SMILES string of the molecule is CC(=O)C1(C)C=CC=C(C)C1OS(=O)(=O)C(F)(F)F. The van der Waals surface area contributed by atoms with E-state index < -0.39 is 32.9 Å². The average Bonchev–Trinajstić information content (AvgIpc) is 2.22. The van der Waals surface area contributed by atoms with E-state index in [1.807, 2.05) is 0 Å². The maximum atomic E-state index is 12.3. The lowest BCUT2D eigenvalue weighted by atomic mass is 9.75. The van der Waals surface area contributed by atoms with Crippen molar-refractivity contribution in [2.24, 2.45) is 5.41 Å². The fraction of sp³-hybridized carbons (Fsp3) is 0.545. The molecule has 108 valence electrons. The van der Waals surface area contributed by atoms with Crippen molar-refractivity contribution < 1.29 is 30.6 Å². The largest absolute Gasteiger partial charge is 0.523 e. The van der Waals surface area contributed by atoms with Crippen LogP contribution in [-0.4, -0.2) is 25.8 Å². The molecule has 0 bridgehead atoms. The van der Waals surface area contributed by atoms with E-state index in [4.69, 9.17) is 0 Å². The quantitative estimate of drug-likeness (QED) is 0.592. The van der Waals surface area contributed by atoms with Crippen molar-refractivity contribution in [1.82, 2.24) is 0 Å². The molecule has 4 nitrogen and oxygen atoms in total. The minimum absolute atomic E-state index is 0.230. The molecule has 0 saturated carbocycles. The Morgan fingerprint density at radius 1 is 1.42 bits per heavy atom. The molecule has 0 aromatic heterocycles. The van der Waals surface area contributed by atoms with Gasteiger partial charge in [0.1, 0.15) is 11.9 Å². The molecular formula is C11H13F3O4S. The molecule has 8 heteroatoms. The number of hydrogen-bond donors (Lipinski definition) is 0. The van der Waals surface area contributed by atoms with E-state index in [-0.39, 0.29) is 5.57 Å². The third-order valence-electron chi connectivity index (χ3n) is 3.02. The zero-order valence-corrected chi connectivity index (χ0v) is 11.3. The Kier molecular flexibility index (Phi) is 3.98. The molecule has 0 spiro atoms. The molecule has 0 N–H and O–H groups in total. The number of carbonyl (C=O) groups excluding carboxylic acids is 1. The van der Waals surface area contributed by atoms with E-state index in [1.54, 1.807) is 0 Å². The molecule has 0 saturated heterocycles. The van der Waals surface area contributed by atoms with E-state index >= 15 is 0 Å². The average molecular weight is 298 g/mol. The first-order chi connectivity index (χ1) is 8.42. The van der Waals surface area contributed by atoms with Gasteiger partial charge in [-0.05, 0) is 26.3 Å². The molecule has 2 atom stereocenters. The lowest BCUT2D eigenvalue weighted by Crippen LogP contribution is -2.44. The molecule has 2 unspecified atom stereocenters. The number of halogens is 3. The molecule has 19 heavy (non-hydrogen) atoms. The number of alkyl halides is 3. The summed E-state index contributed by atoms with van der Waals surface area (Å²) in [4.78, 5) is 11.6. The third kappa shape index (κ3) is 2.89. The summed E-state index contributed by atoms with van der Waals surface area (Å²) in [6.07, 6.45) is 2.72. The van der Waals surface area contributed by atoms with Crippen molar-refractivity contribution in [1.29, 1.82) is 0 Å². The van der Waals surface area contributed by atoms with Crippen molar-refractivity contribution in [3.05, 3.63) is 23.8 Å². The van der Waals surface area contributed by atoms with Crippen LogP contribution in [0.25, 0.3) is 0 Å². The van der Waals surface area contributed by atoms with E-state index in [1.165, 1.54) is 39.0 Å². The number of allylic oxidation sites excluding steroid dienone is 2. The van der Waals surface area contributed by atoms with Crippen LogP contribution in [0.4, 0.5) is 13.2 Å². The summed E-state index contributed by atoms with van der Waals surface area (Å²) < 4.78 is 63.4. The van der Waals surface area contributed by atoms with Crippen LogP contribution in [0.15, 0.2) is 23.8 Å². The summed E-state index contributed by atoms with van der Waals surface area (Å²) in [6, 6.07) is 0. The molecule has 0 heterocycles. The van der Waals surface area contributed by atoms with Gasteiger partial charge in [0, 0.05) is 0 Å². The molecular weight excluding hydrogens is 285 g/mol. The summed E-state index contributed by atoms with van der Waals surface area (Å²) >= 11 is 0. The summed E-state index contributed by atoms with van der Waals surface area (Å²) in [6.45, 7) is 3.90. The Morgan fingerprint density at radius 3 is 2.37 bits per heavy atom. The molecule has 1 aliphatic carbocycles. The smallest absolute Gasteiger partial charge is 0.299 e.